The van der Waals surface area contributed by atoms with Gasteiger partial charge < -0.3 is 9.84 Å². The van der Waals surface area contributed by atoms with Crippen molar-refractivity contribution in [1.82, 2.24) is 24.4 Å². The zero-order valence-electron chi connectivity index (χ0n) is 15.8. The van der Waals surface area contributed by atoms with Crippen molar-refractivity contribution >= 4 is 16.2 Å². The van der Waals surface area contributed by atoms with E-state index in [1.54, 1.807) is 53.1 Å². The van der Waals surface area contributed by atoms with Crippen LogP contribution in [0.5, 0.6) is 5.75 Å². The maximum absolute atomic E-state index is 14.5. The van der Waals surface area contributed by atoms with E-state index in [0.29, 0.717) is 21.8 Å². The lowest BCUT2D eigenvalue weighted by Crippen LogP contribution is -2.05. The molecule has 30 heavy (non-hydrogen) atoms. The summed E-state index contributed by atoms with van der Waals surface area (Å²) in [6.07, 6.45) is 3.81. The van der Waals surface area contributed by atoms with Gasteiger partial charge in [-0.3, -0.25) is 4.40 Å². The van der Waals surface area contributed by atoms with Gasteiger partial charge in [0.05, 0.1) is 35.8 Å². The van der Waals surface area contributed by atoms with Crippen molar-refractivity contribution in [2.24, 2.45) is 0 Å². The second kappa shape index (κ2) is 7.36. The van der Waals surface area contributed by atoms with Crippen molar-refractivity contribution in [3.63, 3.8) is 0 Å². The van der Waals surface area contributed by atoms with Crippen LogP contribution >= 0.6 is 11.3 Å². The van der Waals surface area contributed by atoms with Crippen molar-refractivity contribution in [2.45, 2.75) is 6.10 Å². The van der Waals surface area contributed by atoms with E-state index < -0.39 is 6.10 Å². The molecule has 2 aromatic carbocycles. The molecule has 150 valence electrons. The predicted octanol–water partition coefficient (Wildman–Crippen LogP) is 3.87. The maximum atomic E-state index is 14.5. The van der Waals surface area contributed by atoms with Crippen LogP contribution in [0.25, 0.3) is 21.0 Å². The second-order valence-corrected chi connectivity index (χ2v) is 7.62. The Labute approximate surface area is 174 Å². The Bertz CT molecular complexity index is 1320. The molecule has 0 aliphatic heterocycles. The molecule has 9 heteroatoms. The number of methoxy groups -OCH3 is 1. The normalized spacial score (nSPS) is 12.4. The van der Waals surface area contributed by atoms with Crippen LogP contribution in [0.15, 0.2) is 67.3 Å². The molecule has 7 nitrogen and oxygen atoms in total. The third-order valence-corrected chi connectivity index (χ3v) is 5.95. The summed E-state index contributed by atoms with van der Waals surface area (Å²) in [6, 6.07) is 13.8. The molecule has 1 unspecified atom stereocenters. The fraction of sp³-hybridized carbons (Fsp3) is 0.0952. The Morgan fingerprint density at radius 1 is 1.13 bits per heavy atom. The number of nitrogens with zero attached hydrogens (tertiary/aromatic N) is 5. The third kappa shape index (κ3) is 3.04. The molecule has 0 aliphatic rings. The van der Waals surface area contributed by atoms with Gasteiger partial charge in [-0.15, -0.1) is 16.4 Å². The molecule has 5 rings (SSSR count). The molecule has 0 aliphatic carbocycles. The minimum Gasteiger partial charge on any atom is -0.497 e. The number of aliphatic hydroxyl groups excluding tert-OH is 1. The van der Waals surface area contributed by atoms with Gasteiger partial charge in [-0.1, -0.05) is 23.4 Å². The van der Waals surface area contributed by atoms with Gasteiger partial charge in [-0.2, -0.15) is 0 Å². The van der Waals surface area contributed by atoms with Crippen LogP contribution < -0.4 is 4.74 Å². The van der Waals surface area contributed by atoms with E-state index >= 15 is 0 Å². The number of imidazole rings is 1. The average molecular weight is 421 g/mol. The van der Waals surface area contributed by atoms with Gasteiger partial charge in [0.25, 0.3) is 0 Å². The molecule has 0 bridgehead atoms. The van der Waals surface area contributed by atoms with Crippen LogP contribution in [0.3, 0.4) is 0 Å². The third-order valence-electron chi connectivity index (χ3n) is 4.81. The Hall–Kier alpha value is -3.56. The quantitative estimate of drug-likeness (QED) is 0.466. The first kappa shape index (κ1) is 18.5. The first-order valence-corrected chi connectivity index (χ1v) is 9.91. The van der Waals surface area contributed by atoms with Gasteiger partial charge in [0.1, 0.15) is 34.5 Å². The average Bonchev–Trinajstić information content (AvgIpc) is 3.50. The Kier molecular flexibility index (Phi) is 4.53. The predicted molar refractivity (Wildman–Crippen MR) is 110 cm³/mol. The summed E-state index contributed by atoms with van der Waals surface area (Å²) in [6.45, 7) is 0. The molecule has 3 aromatic heterocycles. The summed E-state index contributed by atoms with van der Waals surface area (Å²) in [5.74, 6) is 0.375. The van der Waals surface area contributed by atoms with Crippen molar-refractivity contribution in [3.8, 4) is 21.9 Å². The highest BCUT2D eigenvalue weighted by Gasteiger charge is 2.26. The van der Waals surface area contributed by atoms with Crippen LogP contribution in [0.4, 0.5) is 4.39 Å². The number of aromatic nitrogens is 5. The highest BCUT2D eigenvalue weighted by Crippen LogP contribution is 2.39. The van der Waals surface area contributed by atoms with Crippen LogP contribution in [0.2, 0.25) is 0 Å². The number of hydrogen-bond acceptors (Lipinski definition) is 6. The number of thiazole rings is 1. The molecule has 0 amide bonds. The Balaban J connectivity index is 1.58. The number of hydrogen-bond donors (Lipinski definition) is 1. The van der Waals surface area contributed by atoms with E-state index in [4.69, 9.17) is 4.74 Å². The summed E-state index contributed by atoms with van der Waals surface area (Å²) < 4.78 is 23.0. The standard InChI is InChI=1S/C21H16FN5O2S/c1-29-14-8-6-13(7-9-14)27-11-17(24-25-27)20(28)19-21(15-4-2-3-5-16(15)22)30-18-10-23-12-26(18)19/h2-12,20,28H,1H3. The van der Waals surface area contributed by atoms with Gasteiger partial charge in [0.2, 0.25) is 0 Å². The van der Waals surface area contributed by atoms with E-state index in [0.717, 1.165) is 16.3 Å². The van der Waals surface area contributed by atoms with Crippen molar-refractivity contribution < 1.29 is 14.2 Å². The largest absolute Gasteiger partial charge is 0.497 e. The van der Waals surface area contributed by atoms with Gasteiger partial charge in [0.15, 0.2) is 0 Å². The lowest BCUT2D eigenvalue weighted by molar-refractivity contribution is 0.210. The van der Waals surface area contributed by atoms with Crippen molar-refractivity contribution in [1.29, 1.82) is 0 Å². The van der Waals surface area contributed by atoms with Gasteiger partial charge in [-0.25, -0.2) is 14.1 Å². The summed E-state index contributed by atoms with van der Waals surface area (Å²) in [7, 11) is 1.60. The molecule has 3 heterocycles. The fourth-order valence-corrected chi connectivity index (χ4v) is 4.46. The minimum atomic E-state index is -1.12. The number of benzene rings is 2. The Morgan fingerprint density at radius 2 is 1.93 bits per heavy atom. The number of fused-ring (bicyclic) bond motifs is 1. The molecule has 0 radical (unpaired) electrons. The summed E-state index contributed by atoms with van der Waals surface area (Å²) in [4.78, 5) is 5.56. The van der Waals surface area contributed by atoms with Crippen LogP contribution in [0.1, 0.15) is 17.5 Å². The van der Waals surface area contributed by atoms with Gasteiger partial charge in [-0.05, 0) is 30.3 Å². The van der Waals surface area contributed by atoms with E-state index in [-0.39, 0.29) is 5.82 Å². The van der Waals surface area contributed by atoms with E-state index in [2.05, 4.69) is 15.3 Å². The second-order valence-electron chi connectivity index (χ2n) is 6.59. The first-order chi connectivity index (χ1) is 14.7. The first-order valence-electron chi connectivity index (χ1n) is 9.10. The summed E-state index contributed by atoms with van der Waals surface area (Å²) >= 11 is 1.36. The topological polar surface area (TPSA) is 77.5 Å². The number of ether oxygens (including phenoxy) is 1. The highest BCUT2D eigenvalue weighted by molar-refractivity contribution is 7.20. The van der Waals surface area contributed by atoms with E-state index in [1.165, 1.54) is 17.4 Å². The monoisotopic (exact) mass is 421 g/mol. The van der Waals surface area contributed by atoms with E-state index in [1.807, 2.05) is 24.3 Å². The number of aliphatic hydroxyl groups is 1. The zero-order valence-corrected chi connectivity index (χ0v) is 16.6. The van der Waals surface area contributed by atoms with Crippen molar-refractivity contribution in [2.75, 3.05) is 7.11 Å². The number of rotatable bonds is 5. The summed E-state index contributed by atoms with van der Waals surface area (Å²) in [5.41, 5.74) is 2.04. The molecule has 0 spiro atoms. The summed E-state index contributed by atoms with van der Waals surface area (Å²) in [5, 5.41) is 19.5. The van der Waals surface area contributed by atoms with Crippen LogP contribution in [0, 0.1) is 5.82 Å². The molecule has 0 fully saturated rings. The van der Waals surface area contributed by atoms with Crippen molar-refractivity contribution in [3.05, 3.63) is 84.5 Å². The van der Waals surface area contributed by atoms with Gasteiger partial charge >= 0.3 is 0 Å². The maximum Gasteiger partial charge on any atom is 0.141 e. The van der Waals surface area contributed by atoms with Crippen LogP contribution in [-0.4, -0.2) is 36.6 Å². The molecule has 1 atom stereocenters. The molecule has 0 saturated carbocycles. The Morgan fingerprint density at radius 3 is 2.70 bits per heavy atom. The van der Waals surface area contributed by atoms with Crippen LogP contribution in [-0.2, 0) is 0 Å². The highest BCUT2D eigenvalue weighted by atomic mass is 32.1. The van der Waals surface area contributed by atoms with Gasteiger partial charge in [0, 0.05) is 5.56 Å². The lowest BCUT2D eigenvalue weighted by atomic mass is 10.1. The molecule has 1 N–H and O–H groups in total. The smallest absolute Gasteiger partial charge is 0.141 e. The SMILES string of the molecule is COc1ccc(-n2cc(C(O)c3c(-c4ccccc4F)sc4cncn34)nn2)cc1. The minimum absolute atomic E-state index is 0.344. The van der Waals surface area contributed by atoms with E-state index in [9.17, 15) is 9.50 Å². The molecular weight excluding hydrogens is 405 g/mol. The number of halogens is 1. The lowest BCUT2D eigenvalue weighted by Gasteiger charge is -2.10. The molecule has 0 saturated heterocycles. The molecule has 5 aromatic rings. The zero-order chi connectivity index (χ0) is 20.7. The fourth-order valence-electron chi connectivity index (χ4n) is 3.30. The molecular formula is C21H16FN5O2S.